The number of carbonyl (C=O) groups is 1. The molecule has 1 atom stereocenters. The van der Waals surface area contributed by atoms with Gasteiger partial charge in [-0.05, 0) is 48.9 Å². The number of aldehydes is 1. The second kappa shape index (κ2) is 3.93. The number of fused-ring (bicyclic) bond motifs is 1. The predicted octanol–water partition coefficient (Wildman–Crippen LogP) is 2.52. The molecule has 0 bridgehead atoms. The minimum atomic E-state index is 0.155. The monoisotopic (exact) mass is 215 g/mol. The lowest BCUT2D eigenvalue weighted by Gasteiger charge is -2.18. The molecule has 2 heteroatoms. The van der Waals surface area contributed by atoms with Gasteiger partial charge in [0.05, 0.1) is 0 Å². The topological polar surface area (TPSA) is 20.3 Å². The van der Waals surface area contributed by atoms with E-state index in [-0.39, 0.29) is 5.92 Å². The lowest BCUT2D eigenvalue weighted by Crippen LogP contribution is -2.17. The highest BCUT2D eigenvalue weighted by molar-refractivity contribution is 5.67. The van der Waals surface area contributed by atoms with Crippen LogP contribution in [-0.4, -0.2) is 19.4 Å². The Kier molecular flexibility index (Phi) is 2.43. The van der Waals surface area contributed by atoms with Crippen LogP contribution in [0.15, 0.2) is 18.2 Å². The molecule has 1 aromatic rings. The van der Waals surface area contributed by atoms with Gasteiger partial charge in [-0.2, -0.15) is 0 Å². The maximum Gasteiger partial charge on any atom is 0.127 e. The number of hydrogen-bond acceptors (Lipinski definition) is 2. The summed E-state index contributed by atoms with van der Waals surface area (Å²) >= 11 is 0. The number of anilines is 1. The number of carbonyl (C=O) groups excluding carboxylic acids is 1. The van der Waals surface area contributed by atoms with Gasteiger partial charge in [-0.25, -0.2) is 0 Å². The van der Waals surface area contributed by atoms with Crippen molar-refractivity contribution in [2.75, 3.05) is 18.0 Å². The fraction of sp³-hybridized carbons (Fsp3) is 0.500. The van der Waals surface area contributed by atoms with Crippen LogP contribution in [0.5, 0.6) is 0 Å². The van der Waals surface area contributed by atoms with Crippen molar-refractivity contribution in [3.05, 3.63) is 29.3 Å². The third-order valence-electron chi connectivity index (χ3n) is 3.89. The van der Waals surface area contributed by atoms with Gasteiger partial charge in [0, 0.05) is 24.7 Å². The van der Waals surface area contributed by atoms with Gasteiger partial charge >= 0.3 is 0 Å². The van der Waals surface area contributed by atoms with Crippen LogP contribution in [0, 0.1) is 0 Å². The fourth-order valence-corrected chi connectivity index (χ4v) is 2.95. The zero-order valence-corrected chi connectivity index (χ0v) is 9.48. The molecule has 1 saturated heterocycles. The second-order valence-electron chi connectivity index (χ2n) is 4.86. The first-order valence-electron chi connectivity index (χ1n) is 6.21. The van der Waals surface area contributed by atoms with E-state index >= 15 is 0 Å². The summed E-state index contributed by atoms with van der Waals surface area (Å²) in [6, 6.07) is 6.64. The summed E-state index contributed by atoms with van der Waals surface area (Å²) in [6.45, 7) is 2.38. The first-order chi connectivity index (χ1) is 7.88. The average Bonchev–Trinajstić information content (AvgIpc) is 2.97. The molecule has 1 unspecified atom stereocenters. The second-order valence-corrected chi connectivity index (χ2v) is 4.86. The molecule has 0 spiro atoms. The third-order valence-corrected chi connectivity index (χ3v) is 3.89. The SMILES string of the molecule is O=CC1CCc2cc(N3CCCC3)ccc21. The average molecular weight is 215 g/mol. The first-order valence-corrected chi connectivity index (χ1v) is 6.21. The Morgan fingerprint density at radius 2 is 2.06 bits per heavy atom. The summed E-state index contributed by atoms with van der Waals surface area (Å²) in [5.41, 5.74) is 4.00. The minimum absolute atomic E-state index is 0.155. The summed E-state index contributed by atoms with van der Waals surface area (Å²) < 4.78 is 0. The number of aryl methyl sites for hydroxylation is 1. The number of benzene rings is 1. The highest BCUT2D eigenvalue weighted by atomic mass is 16.1. The Morgan fingerprint density at radius 1 is 1.25 bits per heavy atom. The molecule has 16 heavy (non-hydrogen) atoms. The van der Waals surface area contributed by atoms with E-state index in [0.717, 1.165) is 19.1 Å². The maximum absolute atomic E-state index is 10.9. The number of rotatable bonds is 2. The van der Waals surface area contributed by atoms with Crippen molar-refractivity contribution >= 4 is 12.0 Å². The predicted molar refractivity (Wildman–Crippen MR) is 65.0 cm³/mol. The van der Waals surface area contributed by atoms with Crippen molar-refractivity contribution < 1.29 is 4.79 Å². The van der Waals surface area contributed by atoms with E-state index in [2.05, 4.69) is 23.1 Å². The van der Waals surface area contributed by atoms with Crippen molar-refractivity contribution in [2.24, 2.45) is 0 Å². The Bertz CT molecular complexity index is 407. The smallest absolute Gasteiger partial charge is 0.127 e. The number of hydrogen-bond donors (Lipinski definition) is 0. The van der Waals surface area contributed by atoms with Gasteiger partial charge in [-0.1, -0.05) is 6.07 Å². The fourth-order valence-electron chi connectivity index (χ4n) is 2.95. The first kappa shape index (κ1) is 9.88. The Balaban J connectivity index is 1.91. The van der Waals surface area contributed by atoms with Crippen molar-refractivity contribution in [1.29, 1.82) is 0 Å². The van der Waals surface area contributed by atoms with Crippen molar-refractivity contribution in [2.45, 2.75) is 31.6 Å². The van der Waals surface area contributed by atoms with Crippen LogP contribution in [0.1, 0.15) is 36.3 Å². The van der Waals surface area contributed by atoms with Gasteiger partial charge in [-0.3, -0.25) is 0 Å². The van der Waals surface area contributed by atoms with E-state index in [1.165, 1.54) is 42.7 Å². The van der Waals surface area contributed by atoms with E-state index < -0.39 is 0 Å². The van der Waals surface area contributed by atoms with E-state index in [4.69, 9.17) is 0 Å². The summed E-state index contributed by atoms with van der Waals surface area (Å²) in [7, 11) is 0. The molecule has 1 aliphatic carbocycles. The van der Waals surface area contributed by atoms with Crippen molar-refractivity contribution in [3.8, 4) is 0 Å². The summed E-state index contributed by atoms with van der Waals surface area (Å²) in [5.74, 6) is 0.155. The molecule has 2 nitrogen and oxygen atoms in total. The molecule has 84 valence electrons. The van der Waals surface area contributed by atoms with Gasteiger partial charge in [-0.15, -0.1) is 0 Å². The number of nitrogens with zero attached hydrogens (tertiary/aromatic N) is 1. The van der Waals surface area contributed by atoms with Crippen molar-refractivity contribution in [3.63, 3.8) is 0 Å². The Morgan fingerprint density at radius 3 is 2.81 bits per heavy atom. The molecule has 2 aliphatic rings. The van der Waals surface area contributed by atoms with E-state index in [9.17, 15) is 4.79 Å². The van der Waals surface area contributed by atoms with Crippen LogP contribution in [0.25, 0.3) is 0 Å². The maximum atomic E-state index is 10.9. The highest BCUT2D eigenvalue weighted by Gasteiger charge is 2.23. The zero-order valence-electron chi connectivity index (χ0n) is 9.48. The Labute approximate surface area is 96.3 Å². The third kappa shape index (κ3) is 1.53. The normalized spacial score (nSPS) is 23.5. The quantitative estimate of drug-likeness (QED) is 0.706. The summed E-state index contributed by atoms with van der Waals surface area (Å²) in [6.07, 6.45) is 5.80. The molecule has 1 fully saturated rings. The van der Waals surface area contributed by atoms with Crippen LogP contribution in [-0.2, 0) is 11.2 Å². The lowest BCUT2D eigenvalue weighted by atomic mass is 10.0. The molecule has 1 aromatic carbocycles. The van der Waals surface area contributed by atoms with Gasteiger partial charge in [0.15, 0.2) is 0 Å². The summed E-state index contributed by atoms with van der Waals surface area (Å²) in [5, 5.41) is 0. The molecular formula is C14H17NO. The highest BCUT2D eigenvalue weighted by Crippen LogP contribution is 2.34. The largest absolute Gasteiger partial charge is 0.372 e. The molecule has 1 heterocycles. The van der Waals surface area contributed by atoms with E-state index in [1.807, 2.05) is 0 Å². The molecule has 1 aliphatic heterocycles. The molecule has 0 radical (unpaired) electrons. The molecule has 0 aromatic heterocycles. The molecule has 3 rings (SSSR count). The van der Waals surface area contributed by atoms with Crippen LogP contribution in [0.4, 0.5) is 5.69 Å². The minimum Gasteiger partial charge on any atom is -0.372 e. The van der Waals surface area contributed by atoms with E-state index in [1.54, 1.807) is 0 Å². The van der Waals surface area contributed by atoms with Gasteiger partial charge in [0.2, 0.25) is 0 Å². The van der Waals surface area contributed by atoms with Crippen LogP contribution in [0.3, 0.4) is 0 Å². The summed E-state index contributed by atoms with van der Waals surface area (Å²) in [4.78, 5) is 13.4. The molecular weight excluding hydrogens is 198 g/mol. The molecule has 0 amide bonds. The molecule has 0 saturated carbocycles. The van der Waals surface area contributed by atoms with Crippen LogP contribution >= 0.6 is 0 Å². The van der Waals surface area contributed by atoms with E-state index in [0.29, 0.717) is 0 Å². The van der Waals surface area contributed by atoms with Gasteiger partial charge in [0.1, 0.15) is 6.29 Å². The van der Waals surface area contributed by atoms with Crippen molar-refractivity contribution in [1.82, 2.24) is 0 Å². The van der Waals surface area contributed by atoms with Gasteiger partial charge < -0.3 is 9.69 Å². The zero-order chi connectivity index (χ0) is 11.0. The van der Waals surface area contributed by atoms with Gasteiger partial charge in [0.25, 0.3) is 0 Å². The lowest BCUT2D eigenvalue weighted by molar-refractivity contribution is -0.109. The molecule has 0 N–H and O–H groups in total. The van der Waals surface area contributed by atoms with Crippen LogP contribution < -0.4 is 4.90 Å². The standard InChI is InChI=1S/C14H17NO/c16-10-12-4-3-11-9-13(5-6-14(11)12)15-7-1-2-8-15/h5-6,9-10,12H,1-4,7-8H2. The van der Waals surface area contributed by atoms with Crippen LogP contribution in [0.2, 0.25) is 0 Å². The Hall–Kier alpha value is -1.31.